The number of hydrogen-bond donors (Lipinski definition) is 1. The molecule has 2 fully saturated rings. The molecule has 14 heteroatoms. The molecule has 1 N–H and O–H groups in total. The van der Waals surface area contributed by atoms with Crippen LogP contribution in [0.25, 0.3) is 5.69 Å². The molecule has 5 aromatic rings. The van der Waals surface area contributed by atoms with Crippen LogP contribution in [0.15, 0.2) is 90.5 Å². The minimum Gasteiger partial charge on any atom is -0.493 e. The summed E-state index contributed by atoms with van der Waals surface area (Å²) in [6.07, 6.45) is 0.155. The van der Waals surface area contributed by atoms with Gasteiger partial charge in [-0.15, -0.1) is 0 Å². The number of aliphatic hydroxyl groups is 1. The molecule has 2 saturated heterocycles. The quantitative estimate of drug-likeness (QED) is 0.199. The Morgan fingerprint density at radius 1 is 1.00 bits per heavy atom. The molecule has 0 spiro atoms. The van der Waals surface area contributed by atoms with Gasteiger partial charge in [-0.05, 0) is 74.3 Å². The number of halogens is 2. The third-order valence-corrected chi connectivity index (χ3v) is 9.54. The van der Waals surface area contributed by atoms with E-state index >= 15 is 0 Å². The molecule has 2 aromatic heterocycles. The van der Waals surface area contributed by atoms with E-state index in [-0.39, 0.29) is 18.0 Å². The lowest BCUT2D eigenvalue weighted by molar-refractivity contribution is -0.0206. The van der Waals surface area contributed by atoms with E-state index in [1.54, 1.807) is 16.8 Å². The zero-order valence-corrected chi connectivity index (χ0v) is 28.0. The highest BCUT2D eigenvalue weighted by atomic mass is 19.1. The van der Waals surface area contributed by atoms with Crippen molar-refractivity contribution in [3.8, 4) is 11.4 Å². The third-order valence-electron chi connectivity index (χ3n) is 9.54. The lowest BCUT2D eigenvalue weighted by atomic mass is 9.87. The number of aromatic nitrogens is 6. The maximum absolute atomic E-state index is 15.0. The van der Waals surface area contributed by atoms with E-state index in [9.17, 15) is 18.7 Å². The van der Waals surface area contributed by atoms with E-state index in [0.29, 0.717) is 35.8 Å². The fraction of sp³-hybridized carbons (Fsp3) is 0.405. The molecule has 2 aliphatic heterocycles. The Balaban J connectivity index is 0.932. The van der Waals surface area contributed by atoms with Gasteiger partial charge in [0.25, 0.3) is 0 Å². The second kappa shape index (κ2) is 14.6. The van der Waals surface area contributed by atoms with E-state index in [4.69, 9.17) is 16.3 Å². The van der Waals surface area contributed by atoms with Gasteiger partial charge in [-0.25, -0.2) is 32.5 Å². The lowest BCUT2D eigenvalue weighted by Crippen LogP contribution is -2.46. The summed E-state index contributed by atoms with van der Waals surface area (Å²) >= 11 is 0. The first-order valence-electron chi connectivity index (χ1n) is 19.2. The Morgan fingerprint density at radius 3 is 2.31 bits per heavy atom. The summed E-state index contributed by atoms with van der Waals surface area (Å²) in [6.45, 7) is 2.02. The van der Waals surface area contributed by atoms with E-state index in [1.807, 2.05) is 36.4 Å². The van der Waals surface area contributed by atoms with Gasteiger partial charge < -0.3 is 24.4 Å². The molecule has 2 aliphatic rings. The smallest absolute Gasteiger partial charge is 0.350 e. The maximum atomic E-state index is 15.0. The molecule has 4 atom stereocenters. The molecule has 51 heavy (non-hydrogen) atoms. The van der Waals surface area contributed by atoms with Gasteiger partial charge in [0.15, 0.2) is 0 Å². The van der Waals surface area contributed by atoms with Crippen molar-refractivity contribution in [1.29, 1.82) is 0 Å². The number of benzene rings is 3. The van der Waals surface area contributed by atoms with Gasteiger partial charge in [-0.2, -0.15) is 10.2 Å². The number of ether oxygens (including phenoxy) is 2. The van der Waals surface area contributed by atoms with Crippen molar-refractivity contribution in [1.82, 2.24) is 29.1 Å². The van der Waals surface area contributed by atoms with Gasteiger partial charge in [0.2, 0.25) is 0 Å². The number of rotatable bonds is 12. The van der Waals surface area contributed by atoms with Crippen LogP contribution in [-0.2, 0) is 16.9 Å². The first-order chi connectivity index (χ1) is 26.6. The van der Waals surface area contributed by atoms with Crippen molar-refractivity contribution in [3.05, 3.63) is 113 Å². The number of aliphatic hydroxyl groups excluding tert-OH is 1. The molecule has 0 radical (unpaired) electrons. The monoisotopic (exact) mass is 705 g/mol. The Morgan fingerprint density at radius 2 is 1.69 bits per heavy atom. The normalized spacial score (nSPS) is 22.4. The number of piperazine rings is 1. The van der Waals surface area contributed by atoms with Crippen LogP contribution in [0.3, 0.4) is 0 Å². The van der Waals surface area contributed by atoms with Gasteiger partial charge in [0.05, 0.1) is 37.6 Å². The molecule has 3 aromatic carbocycles. The number of anilines is 2. The van der Waals surface area contributed by atoms with Crippen molar-refractivity contribution in [2.75, 3.05) is 49.2 Å². The van der Waals surface area contributed by atoms with Gasteiger partial charge in [0.1, 0.15) is 42.0 Å². The molecule has 0 aliphatic carbocycles. The van der Waals surface area contributed by atoms with Crippen LogP contribution in [0.2, 0.25) is 0 Å². The van der Waals surface area contributed by atoms with Crippen LogP contribution in [0.1, 0.15) is 45.0 Å². The summed E-state index contributed by atoms with van der Waals surface area (Å²) in [5.74, 6) is -0.689. The molecule has 0 saturated carbocycles. The highest BCUT2D eigenvalue weighted by Gasteiger charge is 2.44. The predicted molar refractivity (Wildman–Crippen MR) is 187 cm³/mol. The fourth-order valence-corrected chi connectivity index (χ4v) is 6.87. The molecular weight excluding hydrogens is 658 g/mol. The van der Waals surface area contributed by atoms with E-state index in [1.165, 1.54) is 42.6 Å². The molecule has 0 bridgehead atoms. The zero-order chi connectivity index (χ0) is 39.8. The zero-order valence-electron chi connectivity index (χ0n) is 33.0. The summed E-state index contributed by atoms with van der Waals surface area (Å²) in [4.78, 5) is 21.7. The van der Waals surface area contributed by atoms with E-state index in [0.717, 1.165) is 43.6 Å². The summed E-state index contributed by atoms with van der Waals surface area (Å²) in [5.41, 5.74) is 0.898. The average molecular weight is 706 g/mol. The van der Waals surface area contributed by atoms with Crippen molar-refractivity contribution in [2.45, 2.75) is 50.9 Å². The first kappa shape index (κ1) is 28.6. The molecule has 2 unspecified atom stereocenters. The molecule has 7 rings (SSSR count). The van der Waals surface area contributed by atoms with Gasteiger partial charge in [-0.1, -0.05) is 12.9 Å². The molecule has 12 nitrogen and oxygen atoms in total. The Bertz CT molecular complexity index is 2160. The second-order valence-electron chi connectivity index (χ2n) is 12.9. The maximum Gasteiger partial charge on any atom is 0.350 e. The topological polar surface area (TPSA) is 116 Å². The van der Waals surface area contributed by atoms with Gasteiger partial charge in [-0.3, -0.25) is 0 Å². The lowest BCUT2D eigenvalue weighted by Gasteiger charge is -2.37. The molecule has 0 amide bonds. The van der Waals surface area contributed by atoms with Crippen LogP contribution in [0.5, 0.6) is 5.75 Å². The van der Waals surface area contributed by atoms with Gasteiger partial charge >= 0.3 is 5.69 Å². The molecule has 268 valence electrons. The average Bonchev–Trinajstić information content (AvgIpc) is 3.92. The van der Waals surface area contributed by atoms with E-state index in [2.05, 4.69) is 25.0 Å². The minimum absolute atomic E-state index is 0.0491. The Labute approximate surface area is 301 Å². The minimum atomic E-state index is -3.10. The van der Waals surface area contributed by atoms with Crippen LogP contribution in [-0.4, -0.2) is 79.7 Å². The van der Waals surface area contributed by atoms with Crippen LogP contribution < -0.4 is 20.2 Å². The predicted octanol–water partition coefficient (Wildman–Crippen LogP) is 4.57. The standard InChI is InChI=1S/C37H42F2N8O4/c1-3-35(26(2)48)47-36(49)46(25-42-47)31-7-5-29(6-8-31)43-14-16-44(17-15-43)30-9-11-32(12-10-30)50-20-27-19-37(51-21-27,22-45-24-40-23-41-45)33-13-4-28(38)18-34(33)39/h4-13,18,23-27,35,48H,3,14-17,19-22H2,1-2H3/t26-,27?,35-,37?/m0/s1/i1D3,3D2. The number of nitrogens with zero attached hydrogens (tertiary/aromatic N) is 8. The van der Waals surface area contributed by atoms with E-state index < -0.39 is 48.3 Å². The fourth-order valence-electron chi connectivity index (χ4n) is 6.87. The van der Waals surface area contributed by atoms with Crippen LogP contribution in [0, 0.1) is 17.6 Å². The summed E-state index contributed by atoms with van der Waals surface area (Å²) in [5, 5.41) is 18.4. The second-order valence-corrected chi connectivity index (χ2v) is 12.9. The summed E-state index contributed by atoms with van der Waals surface area (Å²) in [7, 11) is 0. The van der Waals surface area contributed by atoms with Crippen LogP contribution >= 0.6 is 0 Å². The number of hydrogen-bond acceptors (Lipinski definition) is 9. The highest BCUT2D eigenvalue weighted by molar-refractivity contribution is 5.54. The van der Waals surface area contributed by atoms with Crippen molar-refractivity contribution < 1.29 is 30.2 Å². The van der Waals surface area contributed by atoms with Gasteiger partial charge in [0, 0.05) is 62.0 Å². The van der Waals surface area contributed by atoms with Crippen molar-refractivity contribution >= 4 is 11.4 Å². The highest BCUT2D eigenvalue weighted by Crippen LogP contribution is 2.42. The molecule has 4 heterocycles. The third kappa shape index (κ3) is 7.24. The SMILES string of the molecule is [2H]C([2H])([2H])C([2H])([2H])[C@@H]([C@H](C)O)n1ncn(-c2ccc(N3CCN(c4ccc(OCC5COC(Cn6cncn6)(c6ccc(F)cc6F)C5)cc4)CC3)cc2)c1=O. The summed E-state index contributed by atoms with van der Waals surface area (Å²) < 4.78 is 83.7. The Kier molecular flexibility index (Phi) is 8.21. The molecular formula is C37H42F2N8O4. The van der Waals surface area contributed by atoms with Crippen LogP contribution in [0.4, 0.5) is 20.2 Å². The summed E-state index contributed by atoms with van der Waals surface area (Å²) in [6, 6.07) is 16.9. The Hall–Kier alpha value is -5.08. The van der Waals surface area contributed by atoms with Crippen molar-refractivity contribution in [2.24, 2.45) is 5.92 Å². The largest absolute Gasteiger partial charge is 0.493 e. The first-order valence-corrected chi connectivity index (χ1v) is 16.7. The van der Waals surface area contributed by atoms with Crippen molar-refractivity contribution in [3.63, 3.8) is 0 Å².